The second kappa shape index (κ2) is 8.35. The topological polar surface area (TPSA) is 89.3 Å². The molecule has 3 rings (SSSR count). The van der Waals surface area contributed by atoms with Crippen molar-refractivity contribution >= 4 is 23.3 Å². The Labute approximate surface area is 155 Å². The van der Waals surface area contributed by atoms with Gasteiger partial charge in [-0.1, -0.05) is 35.0 Å². The number of nitrogens with zero attached hydrogens (tertiary/aromatic N) is 2. The third-order valence-electron chi connectivity index (χ3n) is 3.50. The third kappa shape index (κ3) is 4.73. The first-order valence-electron chi connectivity index (χ1n) is 7.91. The number of carbonyl (C=O) groups excluding carboxylic acids is 1. The molecule has 0 unspecified atom stereocenters. The molecule has 3 aromatic rings. The number of hydrogen-bond donors (Lipinski definition) is 2. The minimum Gasteiger partial charge on any atom is -0.497 e. The van der Waals surface area contributed by atoms with Gasteiger partial charge in [-0.3, -0.25) is 0 Å². The zero-order valence-electron chi connectivity index (χ0n) is 14.0. The van der Waals surface area contributed by atoms with Crippen LogP contribution in [0.15, 0.2) is 53.1 Å². The van der Waals surface area contributed by atoms with Gasteiger partial charge < -0.3 is 19.9 Å². The molecule has 0 aliphatic heterocycles. The minimum atomic E-state index is -0.334. The number of benzene rings is 2. The van der Waals surface area contributed by atoms with Crippen molar-refractivity contribution in [2.75, 3.05) is 19.0 Å². The van der Waals surface area contributed by atoms with E-state index in [2.05, 4.69) is 20.8 Å². The molecule has 0 spiro atoms. The van der Waals surface area contributed by atoms with Crippen molar-refractivity contribution in [1.29, 1.82) is 0 Å². The van der Waals surface area contributed by atoms with E-state index in [-0.39, 0.29) is 6.03 Å². The second-order valence-corrected chi connectivity index (χ2v) is 5.82. The molecule has 0 atom stereocenters. The van der Waals surface area contributed by atoms with Crippen molar-refractivity contribution in [3.63, 3.8) is 0 Å². The molecular formula is C18H17ClN4O3. The zero-order chi connectivity index (χ0) is 18.4. The van der Waals surface area contributed by atoms with Gasteiger partial charge in [-0.25, -0.2) is 4.79 Å². The van der Waals surface area contributed by atoms with Crippen LogP contribution >= 0.6 is 11.6 Å². The van der Waals surface area contributed by atoms with Gasteiger partial charge in [-0.2, -0.15) is 4.98 Å². The lowest BCUT2D eigenvalue weighted by Crippen LogP contribution is -2.30. The Morgan fingerprint density at radius 2 is 2.08 bits per heavy atom. The fourth-order valence-electron chi connectivity index (χ4n) is 2.26. The Hall–Kier alpha value is -3.06. The van der Waals surface area contributed by atoms with Gasteiger partial charge in [0.05, 0.1) is 7.11 Å². The van der Waals surface area contributed by atoms with Crippen LogP contribution in [0, 0.1) is 0 Å². The Morgan fingerprint density at radius 1 is 1.23 bits per heavy atom. The van der Waals surface area contributed by atoms with Crippen LogP contribution in [0.1, 0.15) is 5.89 Å². The maximum Gasteiger partial charge on any atom is 0.319 e. The summed E-state index contributed by atoms with van der Waals surface area (Å²) in [5.41, 5.74) is 1.42. The van der Waals surface area contributed by atoms with Crippen LogP contribution in [-0.2, 0) is 6.42 Å². The molecule has 8 heteroatoms. The molecule has 0 aliphatic carbocycles. The lowest BCUT2D eigenvalue weighted by molar-refractivity contribution is 0.252. The lowest BCUT2D eigenvalue weighted by Gasteiger charge is -2.06. The Kier molecular flexibility index (Phi) is 5.70. The van der Waals surface area contributed by atoms with Gasteiger partial charge in [0.2, 0.25) is 11.7 Å². The summed E-state index contributed by atoms with van der Waals surface area (Å²) in [7, 11) is 1.60. The first-order valence-corrected chi connectivity index (χ1v) is 8.29. The number of hydrogen-bond acceptors (Lipinski definition) is 5. The monoisotopic (exact) mass is 372 g/mol. The number of rotatable bonds is 6. The predicted molar refractivity (Wildman–Crippen MR) is 98.5 cm³/mol. The predicted octanol–water partition coefficient (Wildman–Crippen LogP) is 3.76. The molecule has 0 saturated carbocycles. The Bertz CT molecular complexity index is 897. The molecule has 0 fully saturated rings. The van der Waals surface area contributed by atoms with Crippen LogP contribution in [0.5, 0.6) is 5.75 Å². The maximum absolute atomic E-state index is 11.9. The summed E-state index contributed by atoms with van der Waals surface area (Å²) in [6, 6.07) is 14.0. The summed E-state index contributed by atoms with van der Waals surface area (Å²) in [5.74, 6) is 1.63. The number of halogens is 1. The van der Waals surface area contributed by atoms with Crippen molar-refractivity contribution in [1.82, 2.24) is 15.5 Å². The maximum atomic E-state index is 11.9. The van der Waals surface area contributed by atoms with E-state index in [0.717, 1.165) is 5.56 Å². The van der Waals surface area contributed by atoms with Gasteiger partial charge in [-0.05, 0) is 30.3 Å². The van der Waals surface area contributed by atoms with E-state index in [1.807, 2.05) is 24.3 Å². The second-order valence-electron chi connectivity index (χ2n) is 5.38. The standard InChI is InChI=1S/C18H17ClN4O3/c1-25-15-7-2-4-12(10-15)17-22-16(26-23-17)8-9-20-18(24)21-14-6-3-5-13(19)11-14/h2-7,10-11H,8-9H2,1H3,(H2,20,21,24). The fourth-order valence-corrected chi connectivity index (χ4v) is 2.45. The van der Waals surface area contributed by atoms with Gasteiger partial charge in [0.1, 0.15) is 5.75 Å². The normalized spacial score (nSPS) is 10.4. The highest BCUT2D eigenvalue weighted by molar-refractivity contribution is 6.30. The van der Waals surface area contributed by atoms with E-state index >= 15 is 0 Å². The first kappa shape index (κ1) is 17.8. The Morgan fingerprint density at radius 3 is 2.88 bits per heavy atom. The van der Waals surface area contributed by atoms with Gasteiger partial charge in [0, 0.05) is 29.2 Å². The molecule has 0 bridgehead atoms. The molecule has 0 radical (unpaired) electrons. The number of carbonyl (C=O) groups is 1. The number of urea groups is 1. The summed E-state index contributed by atoms with van der Waals surface area (Å²) < 4.78 is 10.4. The first-order chi connectivity index (χ1) is 12.6. The summed E-state index contributed by atoms with van der Waals surface area (Å²) in [6.07, 6.45) is 0.417. The van der Waals surface area contributed by atoms with E-state index in [1.165, 1.54) is 0 Å². The molecule has 134 valence electrons. The molecule has 1 heterocycles. The van der Waals surface area contributed by atoms with Crippen molar-refractivity contribution in [2.45, 2.75) is 6.42 Å². The lowest BCUT2D eigenvalue weighted by atomic mass is 10.2. The van der Waals surface area contributed by atoms with Crippen LogP contribution in [0.4, 0.5) is 10.5 Å². The van der Waals surface area contributed by atoms with Crippen LogP contribution in [-0.4, -0.2) is 29.8 Å². The molecule has 26 heavy (non-hydrogen) atoms. The van der Waals surface area contributed by atoms with Gasteiger partial charge in [-0.15, -0.1) is 0 Å². The molecule has 2 amide bonds. The van der Waals surface area contributed by atoms with Gasteiger partial charge >= 0.3 is 6.03 Å². The van der Waals surface area contributed by atoms with E-state index in [9.17, 15) is 4.79 Å². The molecule has 2 aromatic carbocycles. The van der Waals surface area contributed by atoms with Crippen molar-refractivity contribution in [3.8, 4) is 17.1 Å². The number of ether oxygens (including phenoxy) is 1. The van der Waals surface area contributed by atoms with Crippen LogP contribution < -0.4 is 15.4 Å². The largest absolute Gasteiger partial charge is 0.497 e. The van der Waals surface area contributed by atoms with Gasteiger partial charge in [0.25, 0.3) is 0 Å². The highest BCUT2D eigenvalue weighted by Crippen LogP contribution is 2.21. The number of amides is 2. The highest BCUT2D eigenvalue weighted by Gasteiger charge is 2.10. The molecule has 1 aromatic heterocycles. The minimum absolute atomic E-state index is 0.334. The van der Waals surface area contributed by atoms with Gasteiger partial charge in [0.15, 0.2) is 0 Å². The summed E-state index contributed by atoms with van der Waals surface area (Å²) in [5, 5.41) is 9.93. The number of methoxy groups -OCH3 is 1. The van der Waals surface area contributed by atoms with E-state index in [4.69, 9.17) is 20.9 Å². The molecule has 0 saturated heterocycles. The van der Waals surface area contributed by atoms with E-state index in [0.29, 0.717) is 41.1 Å². The summed E-state index contributed by atoms with van der Waals surface area (Å²) >= 11 is 5.88. The number of nitrogens with one attached hydrogen (secondary N) is 2. The quantitative estimate of drug-likeness (QED) is 0.687. The molecule has 0 aliphatic rings. The molecular weight excluding hydrogens is 356 g/mol. The number of aromatic nitrogens is 2. The SMILES string of the molecule is COc1cccc(-c2noc(CCNC(=O)Nc3cccc(Cl)c3)n2)c1. The number of anilines is 1. The van der Waals surface area contributed by atoms with Crippen molar-refractivity contribution in [2.24, 2.45) is 0 Å². The summed E-state index contributed by atoms with van der Waals surface area (Å²) in [6.45, 7) is 0.353. The molecule has 7 nitrogen and oxygen atoms in total. The van der Waals surface area contributed by atoms with E-state index in [1.54, 1.807) is 31.4 Å². The highest BCUT2D eigenvalue weighted by atomic mass is 35.5. The zero-order valence-corrected chi connectivity index (χ0v) is 14.8. The smallest absolute Gasteiger partial charge is 0.319 e. The average molecular weight is 373 g/mol. The third-order valence-corrected chi connectivity index (χ3v) is 3.74. The van der Waals surface area contributed by atoms with E-state index < -0.39 is 0 Å². The molecule has 2 N–H and O–H groups in total. The van der Waals surface area contributed by atoms with Crippen LogP contribution in [0.25, 0.3) is 11.4 Å². The van der Waals surface area contributed by atoms with Crippen LogP contribution in [0.3, 0.4) is 0 Å². The van der Waals surface area contributed by atoms with Crippen molar-refractivity contribution in [3.05, 3.63) is 59.4 Å². The fraction of sp³-hybridized carbons (Fsp3) is 0.167. The van der Waals surface area contributed by atoms with Crippen LogP contribution in [0.2, 0.25) is 5.02 Å². The summed E-state index contributed by atoms with van der Waals surface area (Å²) in [4.78, 5) is 16.2. The average Bonchev–Trinajstić information content (AvgIpc) is 3.11. The van der Waals surface area contributed by atoms with Crippen molar-refractivity contribution < 1.29 is 14.1 Å². The Balaban J connectivity index is 1.51.